The number of nitrogen functional groups attached to an aromatic ring is 1. The van der Waals surface area contributed by atoms with Crippen molar-refractivity contribution in [3.05, 3.63) is 47.9 Å². The molecular formula is C18H23Cl2N7O. The van der Waals surface area contributed by atoms with Crippen LogP contribution in [0.3, 0.4) is 0 Å². The number of carbonyl (C=O) groups excluding carboxylic acids is 1. The molecule has 1 aliphatic rings. The molecule has 8 nitrogen and oxygen atoms in total. The summed E-state index contributed by atoms with van der Waals surface area (Å²) in [5.74, 6) is 1.71. The number of nitrogens with two attached hydrogens (primary N) is 1. The molecule has 1 amide bonds. The zero-order valence-electron chi connectivity index (χ0n) is 15.5. The molecule has 1 aliphatic heterocycles. The second kappa shape index (κ2) is 9.07. The molecule has 0 bridgehead atoms. The maximum Gasteiger partial charge on any atom is 0.254 e. The fourth-order valence-corrected chi connectivity index (χ4v) is 3.24. The molecule has 2 aromatic heterocycles. The molecule has 0 radical (unpaired) electrons. The third-order valence-electron chi connectivity index (χ3n) is 4.65. The topological polar surface area (TPSA) is 92.7 Å². The quantitative estimate of drug-likeness (QED) is 0.644. The molecular weight excluding hydrogens is 401 g/mol. The number of amides is 1. The van der Waals surface area contributed by atoms with E-state index in [1.54, 1.807) is 4.52 Å². The third kappa shape index (κ3) is 4.45. The number of rotatable bonds is 3. The number of halogens is 2. The van der Waals surface area contributed by atoms with Gasteiger partial charge < -0.3 is 15.5 Å². The van der Waals surface area contributed by atoms with Crippen molar-refractivity contribution in [1.82, 2.24) is 24.5 Å². The average molecular weight is 424 g/mol. The first-order valence-electron chi connectivity index (χ1n) is 8.65. The number of aromatic nitrogens is 4. The van der Waals surface area contributed by atoms with Crippen LogP contribution in [0, 0.1) is 6.92 Å². The smallest absolute Gasteiger partial charge is 0.254 e. The van der Waals surface area contributed by atoms with Crippen molar-refractivity contribution in [3.63, 3.8) is 0 Å². The summed E-state index contributed by atoms with van der Waals surface area (Å²) < 4.78 is 1.75. The van der Waals surface area contributed by atoms with Crippen molar-refractivity contribution in [2.75, 3.05) is 36.8 Å². The minimum atomic E-state index is 0. The molecule has 0 aliphatic carbocycles. The summed E-state index contributed by atoms with van der Waals surface area (Å²) >= 11 is 0. The summed E-state index contributed by atoms with van der Waals surface area (Å²) in [7, 11) is 0. The van der Waals surface area contributed by atoms with E-state index >= 15 is 0 Å². The lowest BCUT2D eigenvalue weighted by molar-refractivity contribution is -0.130. The van der Waals surface area contributed by atoms with Crippen LogP contribution in [0.5, 0.6) is 0 Å². The molecule has 1 aromatic carbocycles. The van der Waals surface area contributed by atoms with E-state index in [1.165, 1.54) is 6.33 Å². The number of benzene rings is 1. The SMILES string of the molecule is Cc1cc(N2CCN(C(=O)Cc3ccc(N)cc3)CC2)n2ncnc2n1.Cl.Cl. The summed E-state index contributed by atoms with van der Waals surface area (Å²) in [6.07, 6.45) is 1.92. The molecule has 1 saturated heterocycles. The third-order valence-corrected chi connectivity index (χ3v) is 4.65. The van der Waals surface area contributed by atoms with Gasteiger partial charge in [-0.2, -0.15) is 14.6 Å². The number of piperazine rings is 1. The summed E-state index contributed by atoms with van der Waals surface area (Å²) in [6.45, 7) is 4.83. The summed E-state index contributed by atoms with van der Waals surface area (Å²) in [5.41, 5.74) is 8.30. The van der Waals surface area contributed by atoms with Gasteiger partial charge in [-0.15, -0.1) is 24.8 Å². The minimum Gasteiger partial charge on any atom is -0.399 e. The number of carbonyl (C=O) groups is 1. The van der Waals surface area contributed by atoms with Crippen LogP contribution >= 0.6 is 24.8 Å². The van der Waals surface area contributed by atoms with Gasteiger partial charge in [-0.1, -0.05) is 12.1 Å². The van der Waals surface area contributed by atoms with Crippen molar-refractivity contribution < 1.29 is 4.79 Å². The van der Waals surface area contributed by atoms with Gasteiger partial charge in [-0.3, -0.25) is 4.79 Å². The Morgan fingerprint density at radius 1 is 1.11 bits per heavy atom. The first-order chi connectivity index (χ1) is 12.6. The van der Waals surface area contributed by atoms with Crippen LogP contribution in [0.4, 0.5) is 11.5 Å². The standard InChI is InChI=1S/C18H21N7O.2ClH/c1-13-10-16(25-18(22-13)20-12-21-25)23-6-8-24(9-7-23)17(26)11-14-2-4-15(19)5-3-14;;/h2-5,10,12H,6-9,11,19H2,1H3;2*1H. The van der Waals surface area contributed by atoms with Gasteiger partial charge in [0.05, 0.1) is 6.42 Å². The Labute approximate surface area is 175 Å². The largest absolute Gasteiger partial charge is 0.399 e. The second-order valence-electron chi connectivity index (χ2n) is 6.51. The highest BCUT2D eigenvalue weighted by atomic mass is 35.5. The van der Waals surface area contributed by atoms with Crippen LogP contribution in [0.15, 0.2) is 36.7 Å². The maximum atomic E-state index is 12.6. The average Bonchev–Trinajstić information content (AvgIpc) is 3.11. The molecule has 0 spiro atoms. The van der Waals surface area contributed by atoms with Crippen molar-refractivity contribution in [2.45, 2.75) is 13.3 Å². The molecule has 1 fully saturated rings. The van der Waals surface area contributed by atoms with E-state index in [0.717, 1.165) is 30.2 Å². The van der Waals surface area contributed by atoms with Gasteiger partial charge in [0.1, 0.15) is 12.1 Å². The van der Waals surface area contributed by atoms with Gasteiger partial charge in [0.2, 0.25) is 5.91 Å². The molecule has 2 N–H and O–H groups in total. The highest BCUT2D eigenvalue weighted by Gasteiger charge is 2.23. The monoisotopic (exact) mass is 423 g/mol. The van der Waals surface area contributed by atoms with Crippen LogP contribution in [-0.2, 0) is 11.2 Å². The normalized spacial score (nSPS) is 13.8. The van der Waals surface area contributed by atoms with E-state index in [4.69, 9.17) is 5.73 Å². The first-order valence-corrected chi connectivity index (χ1v) is 8.65. The molecule has 0 saturated carbocycles. The van der Waals surface area contributed by atoms with Gasteiger partial charge in [0.25, 0.3) is 5.78 Å². The Morgan fingerprint density at radius 2 is 1.79 bits per heavy atom. The number of anilines is 2. The second-order valence-corrected chi connectivity index (χ2v) is 6.51. The maximum absolute atomic E-state index is 12.6. The van der Waals surface area contributed by atoms with Gasteiger partial charge in [0, 0.05) is 43.6 Å². The fraction of sp³-hybridized carbons (Fsp3) is 0.333. The fourth-order valence-electron chi connectivity index (χ4n) is 3.24. The minimum absolute atomic E-state index is 0. The number of fused-ring (bicyclic) bond motifs is 1. The number of aryl methyl sites for hydroxylation is 1. The Morgan fingerprint density at radius 3 is 2.46 bits per heavy atom. The highest BCUT2D eigenvalue weighted by Crippen LogP contribution is 2.18. The van der Waals surface area contributed by atoms with Gasteiger partial charge in [-0.05, 0) is 24.6 Å². The van der Waals surface area contributed by atoms with Crippen LogP contribution in [0.1, 0.15) is 11.3 Å². The lowest BCUT2D eigenvalue weighted by Crippen LogP contribution is -2.49. The van der Waals surface area contributed by atoms with E-state index in [9.17, 15) is 4.79 Å². The van der Waals surface area contributed by atoms with E-state index in [2.05, 4.69) is 20.0 Å². The molecule has 4 rings (SSSR count). The number of nitrogens with zero attached hydrogens (tertiary/aromatic N) is 6. The molecule has 150 valence electrons. The predicted octanol–water partition coefficient (Wildman–Crippen LogP) is 1.75. The molecule has 0 atom stereocenters. The Balaban J connectivity index is 0.00000140. The number of hydrogen-bond acceptors (Lipinski definition) is 6. The van der Waals surface area contributed by atoms with E-state index in [-0.39, 0.29) is 30.7 Å². The Hall–Kier alpha value is -2.58. The molecule has 0 unspecified atom stereocenters. The van der Waals surface area contributed by atoms with Gasteiger partial charge in [0.15, 0.2) is 0 Å². The van der Waals surface area contributed by atoms with Crippen LogP contribution in [0.25, 0.3) is 5.78 Å². The van der Waals surface area contributed by atoms with E-state index in [1.807, 2.05) is 42.2 Å². The lowest BCUT2D eigenvalue weighted by atomic mass is 10.1. The summed E-state index contributed by atoms with van der Waals surface area (Å²) in [5, 5.41) is 4.26. The van der Waals surface area contributed by atoms with Crippen molar-refractivity contribution >= 4 is 48.0 Å². The van der Waals surface area contributed by atoms with Gasteiger partial charge in [-0.25, -0.2) is 4.98 Å². The van der Waals surface area contributed by atoms with Crippen molar-refractivity contribution in [1.29, 1.82) is 0 Å². The number of hydrogen-bond donors (Lipinski definition) is 1. The van der Waals surface area contributed by atoms with Crippen molar-refractivity contribution in [2.24, 2.45) is 0 Å². The lowest BCUT2D eigenvalue weighted by Gasteiger charge is -2.36. The van der Waals surface area contributed by atoms with Crippen LogP contribution in [-0.4, -0.2) is 56.6 Å². The van der Waals surface area contributed by atoms with Gasteiger partial charge >= 0.3 is 0 Å². The summed E-state index contributed by atoms with van der Waals surface area (Å²) in [4.78, 5) is 25.2. The molecule has 3 aromatic rings. The van der Waals surface area contributed by atoms with Crippen LogP contribution in [0.2, 0.25) is 0 Å². The van der Waals surface area contributed by atoms with E-state index < -0.39 is 0 Å². The molecule has 28 heavy (non-hydrogen) atoms. The van der Waals surface area contributed by atoms with E-state index in [0.29, 0.717) is 31.0 Å². The summed E-state index contributed by atoms with van der Waals surface area (Å²) in [6, 6.07) is 9.48. The first kappa shape index (κ1) is 21.7. The van der Waals surface area contributed by atoms with Crippen LogP contribution < -0.4 is 10.6 Å². The Bertz CT molecular complexity index is 937. The highest BCUT2D eigenvalue weighted by molar-refractivity contribution is 5.85. The Kier molecular flexibility index (Phi) is 7.04. The zero-order chi connectivity index (χ0) is 18.1. The molecule has 10 heteroatoms. The zero-order valence-corrected chi connectivity index (χ0v) is 17.1. The van der Waals surface area contributed by atoms with Crippen molar-refractivity contribution in [3.8, 4) is 0 Å². The molecule has 3 heterocycles. The predicted molar refractivity (Wildman–Crippen MR) is 113 cm³/mol.